The average Bonchev–Trinajstić information content (AvgIpc) is 2.27. The Labute approximate surface area is 94.9 Å². The highest BCUT2D eigenvalue weighted by atomic mass is 32.1. The molecule has 0 radical (unpaired) electrons. The molecule has 1 N–H and O–H groups in total. The number of hydrogen-bond acceptors (Lipinski definition) is 3. The van der Waals surface area contributed by atoms with Gasteiger partial charge in [-0.15, -0.1) is 0 Å². The van der Waals surface area contributed by atoms with Gasteiger partial charge in [0, 0.05) is 24.1 Å². The van der Waals surface area contributed by atoms with Gasteiger partial charge in [-0.3, -0.25) is 4.79 Å². The Kier molecular flexibility index (Phi) is 4.35. The van der Waals surface area contributed by atoms with Crippen molar-refractivity contribution >= 4 is 31.2 Å². The van der Waals surface area contributed by atoms with Crippen molar-refractivity contribution < 1.29 is 4.79 Å². The van der Waals surface area contributed by atoms with Crippen molar-refractivity contribution in [3.8, 4) is 0 Å². The Hall–Kier alpha value is -0.610. The first-order valence-corrected chi connectivity index (χ1v) is 5.54. The van der Waals surface area contributed by atoms with E-state index < -0.39 is 0 Å². The number of benzene rings is 1. The molecule has 0 saturated heterocycles. The minimum absolute atomic E-state index is 0.0725. The molecule has 1 aromatic rings. The number of hydrogen-bond donors (Lipinski definition) is 3. The second-order valence-electron chi connectivity index (χ2n) is 2.93. The first-order valence-electron chi connectivity index (χ1n) is 4.28. The maximum Gasteiger partial charge on any atom is 0.251 e. The fourth-order valence-corrected chi connectivity index (χ4v) is 1.59. The fraction of sp³-hybridized carbons (Fsp3) is 0.300. The van der Waals surface area contributed by atoms with Crippen molar-refractivity contribution in [2.45, 2.75) is 11.5 Å². The molecule has 0 aliphatic heterocycles. The number of carbonyl (C=O) groups excluding carboxylic acids is 1. The van der Waals surface area contributed by atoms with Crippen LogP contribution in [0.15, 0.2) is 18.2 Å². The van der Waals surface area contributed by atoms with Crippen LogP contribution in [-0.2, 0) is 11.5 Å². The third kappa shape index (κ3) is 2.69. The predicted molar refractivity (Wildman–Crippen MR) is 65.2 cm³/mol. The monoisotopic (exact) mass is 227 g/mol. The summed E-state index contributed by atoms with van der Waals surface area (Å²) in [6, 6.07) is 5.70. The van der Waals surface area contributed by atoms with Gasteiger partial charge in [-0.05, 0) is 23.3 Å². The molecule has 0 unspecified atom stereocenters. The van der Waals surface area contributed by atoms with Crippen LogP contribution in [0, 0.1) is 0 Å². The molecule has 0 fully saturated rings. The molecular weight excluding hydrogens is 214 g/mol. The van der Waals surface area contributed by atoms with E-state index in [2.05, 4.69) is 30.6 Å². The van der Waals surface area contributed by atoms with Crippen LogP contribution in [0.25, 0.3) is 0 Å². The molecule has 0 saturated carbocycles. The van der Waals surface area contributed by atoms with E-state index >= 15 is 0 Å². The number of thiol groups is 2. The Bertz CT molecular complexity index is 317. The van der Waals surface area contributed by atoms with E-state index in [9.17, 15) is 4.79 Å². The largest absolute Gasteiger partial charge is 0.355 e. The summed E-state index contributed by atoms with van der Waals surface area (Å²) in [6.07, 6.45) is 0. The predicted octanol–water partition coefficient (Wildman–Crippen LogP) is 1.91. The summed E-state index contributed by atoms with van der Waals surface area (Å²) in [7, 11) is 1.62. The Balaban J connectivity index is 3.10. The summed E-state index contributed by atoms with van der Waals surface area (Å²) in [4.78, 5) is 11.4. The minimum Gasteiger partial charge on any atom is -0.355 e. The lowest BCUT2D eigenvalue weighted by atomic mass is 10.1. The molecule has 4 heteroatoms. The van der Waals surface area contributed by atoms with E-state index in [0.29, 0.717) is 17.1 Å². The molecule has 0 bridgehead atoms. The molecule has 14 heavy (non-hydrogen) atoms. The lowest BCUT2D eigenvalue weighted by molar-refractivity contribution is 0.0963. The second kappa shape index (κ2) is 5.32. The van der Waals surface area contributed by atoms with Gasteiger partial charge in [-0.25, -0.2) is 0 Å². The van der Waals surface area contributed by atoms with Crippen molar-refractivity contribution in [3.05, 3.63) is 34.9 Å². The van der Waals surface area contributed by atoms with E-state index in [-0.39, 0.29) is 5.91 Å². The zero-order chi connectivity index (χ0) is 10.6. The van der Waals surface area contributed by atoms with Crippen molar-refractivity contribution in [2.75, 3.05) is 7.05 Å². The van der Waals surface area contributed by atoms with Gasteiger partial charge in [0.2, 0.25) is 0 Å². The van der Waals surface area contributed by atoms with Crippen LogP contribution in [0.5, 0.6) is 0 Å². The topological polar surface area (TPSA) is 29.1 Å². The van der Waals surface area contributed by atoms with Crippen molar-refractivity contribution in [2.24, 2.45) is 0 Å². The quantitative estimate of drug-likeness (QED) is 0.677. The fourth-order valence-electron chi connectivity index (χ4n) is 1.22. The van der Waals surface area contributed by atoms with Crippen LogP contribution in [0.4, 0.5) is 0 Å². The maximum atomic E-state index is 11.4. The standard InChI is InChI=1S/C10H13NOS2/c1-11-10(12)9-3-7(5-13)2-8(4-9)6-14/h2-4,13-14H,5-6H2,1H3,(H,11,12). The summed E-state index contributed by atoms with van der Waals surface area (Å²) in [5.41, 5.74) is 2.75. The number of rotatable bonds is 3. The van der Waals surface area contributed by atoms with Crippen LogP contribution in [-0.4, -0.2) is 13.0 Å². The van der Waals surface area contributed by atoms with E-state index in [0.717, 1.165) is 11.1 Å². The van der Waals surface area contributed by atoms with Gasteiger partial charge in [-0.2, -0.15) is 25.3 Å². The van der Waals surface area contributed by atoms with Gasteiger partial charge in [0.1, 0.15) is 0 Å². The van der Waals surface area contributed by atoms with Crippen LogP contribution in [0.3, 0.4) is 0 Å². The van der Waals surface area contributed by atoms with E-state index in [1.54, 1.807) is 7.05 Å². The van der Waals surface area contributed by atoms with Gasteiger partial charge >= 0.3 is 0 Å². The highest BCUT2D eigenvalue weighted by molar-refractivity contribution is 7.79. The number of amides is 1. The SMILES string of the molecule is CNC(=O)c1cc(CS)cc(CS)c1. The molecule has 1 aromatic carbocycles. The van der Waals surface area contributed by atoms with Crippen LogP contribution >= 0.6 is 25.3 Å². The van der Waals surface area contributed by atoms with E-state index in [1.807, 2.05) is 18.2 Å². The number of nitrogens with one attached hydrogen (secondary N) is 1. The molecule has 76 valence electrons. The van der Waals surface area contributed by atoms with Gasteiger partial charge in [0.25, 0.3) is 5.91 Å². The van der Waals surface area contributed by atoms with Gasteiger partial charge in [0.05, 0.1) is 0 Å². The summed E-state index contributed by atoms with van der Waals surface area (Å²) < 4.78 is 0. The summed E-state index contributed by atoms with van der Waals surface area (Å²) in [5, 5.41) is 2.60. The molecule has 1 amide bonds. The average molecular weight is 227 g/mol. The molecule has 0 spiro atoms. The Morgan fingerprint density at radius 2 is 1.71 bits per heavy atom. The van der Waals surface area contributed by atoms with Crippen LogP contribution < -0.4 is 5.32 Å². The van der Waals surface area contributed by atoms with E-state index in [1.165, 1.54) is 0 Å². The third-order valence-corrected chi connectivity index (χ3v) is 2.64. The lowest BCUT2D eigenvalue weighted by Gasteiger charge is -2.05. The zero-order valence-electron chi connectivity index (χ0n) is 7.95. The van der Waals surface area contributed by atoms with E-state index in [4.69, 9.17) is 0 Å². The molecule has 2 nitrogen and oxygen atoms in total. The van der Waals surface area contributed by atoms with Crippen molar-refractivity contribution in [1.82, 2.24) is 5.32 Å². The molecule has 0 aromatic heterocycles. The lowest BCUT2D eigenvalue weighted by Crippen LogP contribution is -2.18. The maximum absolute atomic E-state index is 11.4. The van der Waals surface area contributed by atoms with Crippen molar-refractivity contribution in [1.29, 1.82) is 0 Å². The molecule has 0 atom stereocenters. The molecular formula is C10H13NOS2. The highest BCUT2D eigenvalue weighted by Crippen LogP contribution is 2.14. The first kappa shape index (κ1) is 11.5. The Morgan fingerprint density at radius 3 is 2.07 bits per heavy atom. The first-order chi connectivity index (χ1) is 6.71. The minimum atomic E-state index is -0.0725. The molecule has 0 aliphatic carbocycles. The highest BCUT2D eigenvalue weighted by Gasteiger charge is 2.05. The summed E-state index contributed by atoms with van der Waals surface area (Å²) in [5.74, 6) is 1.19. The second-order valence-corrected chi connectivity index (χ2v) is 3.57. The summed E-state index contributed by atoms with van der Waals surface area (Å²) >= 11 is 8.37. The van der Waals surface area contributed by atoms with Crippen LogP contribution in [0.1, 0.15) is 21.5 Å². The number of carbonyl (C=O) groups is 1. The van der Waals surface area contributed by atoms with Crippen LogP contribution in [0.2, 0.25) is 0 Å². The normalized spacial score (nSPS) is 9.93. The molecule has 0 aliphatic rings. The smallest absolute Gasteiger partial charge is 0.251 e. The van der Waals surface area contributed by atoms with Gasteiger partial charge in [-0.1, -0.05) is 6.07 Å². The third-order valence-electron chi connectivity index (χ3n) is 1.91. The zero-order valence-corrected chi connectivity index (χ0v) is 9.74. The van der Waals surface area contributed by atoms with Gasteiger partial charge in [0.15, 0.2) is 0 Å². The molecule has 0 heterocycles. The Morgan fingerprint density at radius 1 is 1.21 bits per heavy atom. The van der Waals surface area contributed by atoms with Crippen molar-refractivity contribution in [3.63, 3.8) is 0 Å². The summed E-state index contributed by atoms with van der Waals surface area (Å²) in [6.45, 7) is 0. The van der Waals surface area contributed by atoms with Gasteiger partial charge < -0.3 is 5.32 Å². The molecule has 1 rings (SSSR count).